The number of nitrogens with one attached hydrogen (secondary N) is 2. The van der Waals surface area contributed by atoms with E-state index in [0.717, 1.165) is 15.9 Å². The zero-order valence-electron chi connectivity index (χ0n) is 16.1. The molecule has 7 nitrogen and oxygen atoms in total. The molecule has 1 amide bonds. The van der Waals surface area contributed by atoms with Crippen LogP contribution in [0.3, 0.4) is 0 Å². The first-order chi connectivity index (χ1) is 13.6. The zero-order valence-corrected chi connectivity index (χ0v) is 17.8. The standard InChI is InChI=1S/C19H24N6OS2/c1-4-13(2)25-16(10-11-21-25)22-17(26)14(3)27-19-24-23-18(28-19)20-12-15-8-6-5-7-9-15/h5-11,13-14H,4,12H2,1-3H3,(H,20,23)(H,22,26)/t13-,14-/m0/s1. The number of carbonyl (C=O) groups is 1. The van der Waals surface area contributed by atoms with E-state index in [1.165, 1.54) is 28.7 Å². The first kappa shape index (κ1) is 20.3. The maximum atomic E-state index is 12.6. The number of rotatable bonds is 9. The lowest BCUT2D eigenvalue weighted by molar-refractivity contribution is -0.115. The molecular formula is C19H24N6OS2. The van der Waals surface area contributed by atoms with Crippen molar-refractivity contribution in [2.24, 2.45) is 0 Å². The van der Waals surface area contributed by atoms with E-state index in [4.69, 9.17) is 0 Å². The fourth-order valence-electron chi connectivity index (χ4n) is 2.47. The number of aromatic nitrogens is 4. The molecule has 2 heterocycles. The predicted molar refractivity (Wildman–Crippen MR) is 115 cm³/mol. The molecule has 0 radical (unpaired) electrons. The van der Waals surface area contributed by atoms with E-state index in [9.17, 15) is 4.79 Å². The molecule has 2 aromatic heterocycles. The molecule has 3 aromatic rings. The number of carbonyl (C=O) groups excluding carboxylic acids is 1. The minimum atomic E-state index is -0.296. The molecule has 0 saturated heterocycles. The van der Waals surface area contributed by atoms with Crippen molar-refractivity contribution in [3.05, 3.63) is 48.2 Å². The van der Waals surface area contributed by atoms with Crippen molar-refractivity contribution in [1.29, 1.82) is 0 Å². The predicted octanol–water partition coefficient (Wildman–Crippen LogP) is 4.44. The van der Waals surface area contributed by atoms with Crippen LogP contribution in [0.5, 0.6) is 0 Å². The van der Waals surface area contributed by atoms with Gasteiger partial charge in [-0.3, -0.25) is 4.79 Å². The molecular weight excluding hydrogens is 392 g/mol. The minimum Gasteiger partial charge on any atom is -0.356 e. The van der Waals surface area contributed by atoms with Crippen LogP contribution in [0.4, 0.5) is 10.9 Å². The lowest BCUT2D eigenvalue weighted by Gasteiger charge is -2.15. The summed E-state index contributed by atoms with van der Waals surface area (Å²) in [6, 6.07) is 12.2. The molecule has 28 heavy (non-hydrogen) atoms. The number of hydrogen-bond donors (Lipinski definition) is 2. The number of nitrogens with zero attached hydrogens (tertiary/aromatic N) is 4. The highest BCUT2D eigenvalue weighted by molar-refractivity contribution is 8.02. The molecule has 0 spiro atoms. The Morgan fingerprint density at radius 2 is 2.00 bits per heavy atom. The zero-order chi connectivity index (χ0) is 19.9. The second kappa shape index (κ2) is 9.70. The number of thioether (sulfide) groups is 1. The van der Waals surface area contributed by atoms with Gasteiger partial charge in [0.15, 0.2) is 4.34 Å². The Bertz CT molecular complexity index is 895. The number of hydrogen-bond acceptors (Lipinski definition) is 7. The average Bonchev–Trinajstić information content (AvgIpc) is 3.36. The van der Waals surface area contributed by atoms with Gasteiger partial charge in [0.25, 0.3) is 0 Å². The Labute approximate surface area is 173 Å². The van der Waals surface area contributed by atoms with Gasteiger partial charge in [0.05, 0.1) is 17.5 Å². The molecule has 3 rings (SSSR count). The molecule has 148 valence electrons. The maximum absolute atomic E-state index is 12.6. The molecule has 0 saturated carbocycles. The van der Waals surface area contributed by atoms with Crippen LogP contribution in [0.2, 0.25) is 0 Å². The molecule has 0 aliphatic heterocycles. The van der Waals surface area contributed by atoms with Gasteiger partial charge in [0.2, 0.25) is 11.0 Å². The normalized spacial score (nSPS) is 13.1. The lowest BCUT2D eigenvalue weighted by atomic mass is 10.2. The maximum Gasteiger partial charge on any atom is 0.238 e. The molecule has 9 heteroatoms. The Morgan fingerprint density at radius 3 is 2.75 bits per heavy atom. The summed E-state index contributed by atoms with van der Waals surface area (Å²) in [7, 11) is 0. The fourth-order valence-corrected chi connectivity index (χ4v) is 4.36. The van der Waals surface area contributed by atoms with Crippen molar-refractivity contribution in [1.82, 2.24) is 20.0 Å². The van der Waals surface area contributed by atoms with Gasteiger partial charge >= 0.3 is 0 Å². The largest absolute Gasteiger partial charge is 0.356 e. The van der Waals surface area contributed by atoms with E-state index in [1.54, 1.807) is 6.20 Å². The minimum absolute atomic E-state index is 0.0796. The Morgan fingerprint density at radius 1 is 1.21 bits per heavy atom. The van der Waals surface area contributed by atoms with E-state index in [0.29, 0.717) is 12.4 Å². The van der Waals surface area contributed by atoms with Gasteiger partial charge in [-0.2, -0.15) is 5.10 Å². The second-order valence-electron chi connectivity index (χ2n) is 6.38. The van der Waals surface area contributed by atoms with E-state index in [-0.39, 0.29) is 17.2 Å². The van der Waals surface area contributed by atoms with Gasteiger partial charge in [-0.1, -0.05) is 60.4 Å². The van der Waals surface area contributed by atoms with Gasteiger partial charge in [-0.15, -0.1) is 10.2 Å². The summed E-state index contributed by atoms with van der Waals surface area (Å²) in [5.41, 5.74) is 1.18. The quantitative estimate of drug-likeness (QED) is 0.502. The Kier molecular flexibility index (Phi) is 7.05. The molecule has 0 aliphatic rings. The molecule has 0 fully saturated rings. The number of anilines is 2. The summed E-state index contributed by atoms with van der Waals surface area (Å²) in [6.07, 6.45) is 2.65. The average molecular weight is 417 g/mol. The van der Waals surface area contributed by atoms with Crippen molar-refractivity contribution in [3.8, 4) is 0 Å². The van der Waals surface area contributed by atoms with E-state index in [2.05, 4.69) is 51.9 Å². The van der Waals surface area contributed by atoms with Crippen molar-refractivity contribution in [2.45, 2.75) is 49.4 Å². The highest BCUT2D eigenvalue weighted by Crippen LogP contribution is 2.30. The van der Waals surface area contributed by atoms with Crippen LogP contribution >= 0.6 is 23.1 Å². The molecule has 0 aliphatic carbocycles. The van der Waals surface area contributed by atoms with Crippen LogP contribution in [-0.2, 0) is 11.3 Å². The van der Waals surface area contributed by atoms with Gasteiger partial charge < -0.3 is 10.6 Å². The summed E-state index contributed by atoms with van der Waals surface area (Å²) < 4.78 is 2.60. The van der Waals surface area contributed by atoms with Gasteiger partial charge in [-0.05, 0) is 25.8 Å². The summed E-state index contributed by atoms with van der Waals surface area (Å²) >= 11 is 2.85. The van der Waals surface area contributed by atoms with Crippen LogP contribution in [0.25, 0.3) is 0 Å². The van der Waals surface area contributed by atoms with Gasteiger partial charge in [0, 0.05) is 12.6 Å². The summed E-state index contributed by atoms with van der Waals surface area (Å²) in [4.78, 5) is 12.6. The third kappa shape index (κ3) is 5.32. The first-order valence-electron chi connectivity index (χ1n) is 9.19. The highest BCUT2D eigenvalue weighted by atomic mass is 32.2. The monoisotopic (exact) mass is 416 g/mol. The van der Waals surface area contributed by atoms with Crippen LogP contribution < -0.4 is 10.6 Å². The summed E-state index contributed by atoms with van der Waals surface area (Å²) in [5, 5.41) is 19.3. The van der Waals surface area contributed by atoms with Gasteiger partial charge in [0.1, 0.15) is 5.82 Å². The topological polar surface area (TPSA) is 84.7 Å². The molecule has 1 aromatic carbocycles. The first-order valence-corrected chi connectivity index (χ1v) is 10.9. The van der Waals surface area contributed by atoms with E-state index in [1.807, 2.05) is 35.9 Å². The third-order valence-electron chi connectivity index (χ3n) is 4.27. The smallest absolute Gasteiger partial charge is 0.238 e. The fraction of sp³-hybridized carbons (Fsp3) is 0.368. The van der Waals surface area contributed by atoms with E-state index < -0.39 is 0 Å². The van der Waals surface area contributed by atoms with Crippen LogP contribution in [0.15, 0.2) is 46.9 Å². The second-order valence-corrected chi connectivity index (χ2v) is 8.95. The molecule has 0 bridgehead atoms. The van der Waals surface area contributed by atoms with Crippen molar-refractivity contribution in [3.63, 3.8) is 0 Å². The number of amides is 1. The van der Waals surface area contributed by atoms with Crippen molar-refractivity contribution < 1.29 is 4.79 Å². The van der Waals surface area contributed by atoms with Crippen molar-refractivity contribution >= 4 is 40.0 Å². The van der Waals surface area contributed by atoms with Crippen LogP contribution in [0.1, 0.15) is 38.8 Å². The van der Waals surface area contributed by atoms with Gasteiger partial charge in [-0.25, -0.2) is 4.68 Å². The highest BCUT2D eigenvalue weighted by Gasteiger charge is 2.19. The van der Waals surface area contributed by atoms with Crippen molar-refractivity contribution in [2.75, 3.05) is 10.6 Å². The number of benzene rings is 1. The SMILES string of the molecule is CC[C@H](C)n1nccc1NC(=O)[C@H](C)Sc1nnc(NCc2ccccc2)s1. The van der Waals surface area contributed by atoms with Crippen LogP contribution in [0, 0.1) is 0 Å². The molecule has 2 N–H and O–H groups in total. The summed E-state index contributed by atoms with van der Waals surface area (Å²) in [6.45, 7) is 6.72. The van der Waals surface area contributed by atoms with Crippen LogP contribution in [-0.4, -0.2) is 31.1 Å². The lowest BCUT2D eigenvalue weighted by Crippen LogP contribution is -2.24. The van der Waals surface area contributed by atoms with E-state index >= 15 is 0 Å². The Balaban J connectivity index is 1.53. The third-order valence-corrected chi connectivity index (χ3v) is 6.33. The molecule has 0 unspecified atom stereocenters. The summed E-state index contributed by atoms with van der Waals surface area (Å²) in [5.74, 6) is 0.637. The Hall–Kier alpha value is -2.39. The molecule has 2 atom stereocenters.